The molecule has 2 nitrogen and oxygen atoms in total. The van der Waals surface area contributed by atoms with Gasteiger partial charge in [0.25, 0.3) is 0 Å². The summed E-state index contributed by atoms with van der Waals surface area (Å²) in [6.07, 6.45) is 29.2. The zero-order chi connectivity index (χ0) is 27.1. The van der Waals surface area contributed by atoms with Gasteiger partial charge in [0.15, 0.2) is 5.66 Å². The minimum Gasteiger partial charge on any atom is -1.00 e. The molecule has 224 valence electrons. The van der Waals surface area contributed by atoms with E-state index in [2.05, 4.69) is 70.5 Å². The van der Waals surface area contributed by atoms with Gasteiger partial charge in [0.2, 0.25) is 0 Å². The van der Waals surface area contributed by atoms with E-state index in [1.807, 2.05) is 0 Å². The van der Waals surface area contributed by atoms with Gasteiger partial charge in [-0.1, -0.05) is 160 Å². The smallest absolute Gasteiger partial charge is 0.179 e. The predicted molar refractivity (Wildman–Crippen MR) is 167 cm³/mol. The number of halogens is 1. The molecule has 0 spiro atoms. The third-order valence-corrected chi connectivity index (χ3v) is 8.66. The molecular weight excluding hydrogens is 484 g/mol. The van der Waals surface area contributed by atoms with Crippen molar-refractivity contribution in [2.24, 2.45) is 0 Å². The van der Waals surface area contributed by atoms with Gasteiger partial charge in [-0.15, -0.1) is 0 Å². The van der Waals surface area contributed by atoms with E-state index in [0.29, 0.717) is 0 Å². The van der Waals surface area contributed by atoms with Gasteiger partial charge in [-0.2, -0.15) is 0 Å². The first-order valence-electron chi connectivity index (χ1n) is 16.7. The lowest BCUT2D eigenvalue weighted by molar-refractivity contribution is -0.955. The summed E-state index contributed by atoms with van der Waals surface area (Å²) in [6, 6.07) is 11.4. The lowest BCUT2D eigenvalue weighted by atomic mass is 9.88. The first kappa shape index (κ1) is 37.4. The van der Waals surface area contributed by atoms with Gasteiger partial charge in [-0.3, -0.25) is 5.32 Å². The molecule has 0 heterocycles. The van der Waals surface area contributed by atoms with Crippen LogP contribution in [-0.4, -0.2) is 31.7 Å². The van der Waals surface area contributed by atoms with E-state index in [9.17, 15) is 0 Å². The Labute approximate surface area is 246 Å². The van der Waals surface area contributed by atoms with Crippen LogP contribution >= 0.6 is 0 Å². The second-order valence-corrected chi connectivity index (χ2v) is 12.3. The molecule has 1 atom stereocenters. The molecule has 1 N–H and O–H groups in total. The second kappa shape index (κ2) is 24.2. The van der Waals surface area contributed by atoms with Crippen LogP contribution in [0.2, 0.25) is 0 Å². The average Bonchev–Trinajstić information content (AvgIpc) is 2.90. The summed E-state index contributed by atoms with van der Waals surface area (Å²) in [5.41, 5.74) is 1.49. The maximum atomic E-state index is 4.13. The Kier molecular flexibility index (Phi) is 23.9. The molecule has 3 heteroatoms. The molecule has 1 aromatic carbocycles. The van der Waals surface area contributed by atoms with Crippen molar-refractivity contribution in [1.82, 2.24) is 5.32 Å². The van der Waals surface area contributed by atoms with Crippen molar-refractivity contribution in [2.45, 2.75) is 161 Å². The molecular formula is C35H67ClN2. The van der Waals surface area contributed by atoms with E-state index < -0.39 is 0 Å². The number of rotatable bonds is 26. The van der Waals surface area contributed by atoms with E-state index in [0.717, 1.165) is 11.0 Å². The van der Waals surface area contributed by atoms with Crippen LogP contribution in [0.25, 0.3) is 0 Å². The van der Waals surface area contributed by atoms with Crippen molar-refractivity contribution in [3.8, 4) is 0 Å². The molecule has 1 rings (SSSR count). The summed E-state index contributed by atoms with van der Waals surface area (Å²) in [6.45, 7) is 9.26. The molecule has 1 unspecified atom stereocenters. The Morgan fingerprint density at radius 3 is 1.42 bits per heavy atom. The van der Waals surface area contributed by atoms with Crippen LogP contribution in [0.15, 0.2) is 30.3 Å². The summed E-state index contributed by atoms with van der Waals surface area (Å²) in [5, 5.41) is 4.13. The molecule has 38 heavy (non-hydrogen) atoms. The highest BCUT2D eigenvalue weighted by Crippen LogP contribution is 2.36. The summed E-state index contributed by atoms with van der Waals surface area (Å²) in [4.78, 5) is 0. The molecule has 0 saturated carbocycles. The summed E-state index contributed by atoms with van der Waals surface area (Å²) in [5.74, 6) is 0. The summed E-state index contributed by atoms with van der Waals surface area (Å²) < 4.78 is 1.03. The standard InChI is InChI=1S/C35H67N2.ClH/c1-6-9-11-12-13-14-15-16-17-18-19-20-21-22-23-27-31-35(36-32-28-10-7-2,37(4,5)33-8-3)34-29-25-24-26-30-34;/h24-26,29-30,36H,6-23,27-28,31-33H2,1-5H3;1H/q+1;/p-1. The quantitative estimate of drug-likeness (QED) is 0.0705. The normalized spacial score (nSPS) is 13.3. The van der Waals surface area contributed by atoms with Crippen molar-refractivity contribution >= 4 is 0 Å². The number of hydrogen-bond acceptors (Lipinski definition) is 1. The fourth-order valence-electron chi connectivity index (χ4n) is 6.26. The second-order valence-electron chi connectivity index (χ2n) is 12.3. The van der Waals surface area contributed by atoms with Crippen molar-refractivity contribution in [3.05, 3.63) is 35.9 Å². The molecule has 0 aliphatic carbocycles. The van der Waals surface area contributed by atoms with Crippen molar-refractivity contribution in [1.29, 1.82) is 0 Å². The van der Waals surface area contributed by atoms with Crippen LogP contribution < -0.4 is 17.7 Å². The minimum absolute atomic E-state index is 0. The van der Waals surface area contributed by atoms with Crippen LogP contribution in [-0.2, 0) is 5.66 Å². The van der Waals surface area contributed by atoms with Gasteiger partial charge in [0.1, 0.15) is 0 Å². The number of quaternary nitrogens is 1. The Balaban J connectivity index is 0.0000137. The van der Waals surface area contributed by atoms with Gasteiger partial charge >= 0.3 is 0 Å². The van der Waals surface area contributed by atoms with E-state index >= 15 is 0 Å². The molecule has 1 aromatic rings. The number of benzene rings is 1. The Bertz CT molecular complexity index is 618. The highest BCUT2D eigenvalue weighted by molar-refractivity contribution is 5.22. The number of hydrogen-bond donors (Lipinski definition) is 1. The fourth-order valence-corrected chi connectivity index (χ4v) is 6.26. The molecule has 0 saturated heterocycles. The average molecular weight is 551 g/mol. The van der Waals surface area contributed by atoms with Gasteiger partial charge in [0.05, 0.1) is 20.6 Å². The zero-order valence-electron chi connectivity index (χ0n) is 26.5. The van der Waals surface area contributed by atoms with Crippen molar-refractivity contribution in [3.63, 3.8) is 0 Å². The van der Waals surface area contributed by atoms with Gasteiger partial charge < -0.3 is 16.9 Å². The highest BCUT2D eigenvalue weighted by Gasteiger charge is 2.45. The summed E-state index contributed by atoms with van der Waals surface area (Å²) >= 11 is 0. The van der Waals surface area contributed by atoms with Gasteiger partial charge in [-0.25, -0.2) is 0 Å². The molecule has 0 aliphatic heterocycles. The zero-order valence-corrected chi connectivity index (χ0v) is 27.2. The third-order valence-electron chi connectivity index (χ3n) is 8.66. The van der Waals surface area contributed by atoms with Crippen LogP contribution in [0.5, 0.6) is 0 Å². The molecule has 0 amide bonds. The monoisotopic (exact) mass is 550 g/mol. The van der Waals surface area contributed by atoms with Crippen molar-refractivity contribution in [2.75, 3.05) is 27.2 Å². The Morgan fingerprint density at radius 1 is 0.553 bits per heavy atom. The van der Waals surface area contributed by atoms with E-state index in [1.54, 1.807) is 0 Å². The number of unbranched alkanes of at least 4 members (excludes halogenated alkanes) is 17. The Morgan fingerprint density at radius 2 is 0.974 bits per heavy atom. The Hall–Kier alpha value is -0.570. The van der Waals surface area contributed by atoms with Crippen LogP contribution in [0, 0.1) is 0 Å². The van der Waals surface area contributed by atoms with E-state index in [4.69, 9.17) is 0 Å². The maximum Gasteiger partial charge on any atom is 0.179 e. The van der Waals surface area contributed by atoms with Crippen LogP contribution in [0.3, 0.4) is 0 Å². The fraction of sp³-hybridized carbons (Fsp3) is 0.829. The number of nitrogens with one attached hydrogen (secondary N) is 1. The lowest BCUT2D eigenvalue weighted by Gasteiger charge is -2.50. The van der Waals surface area contributed by atoms with Gasteiger partial charge in [0, 0.05) is 18.5 Å². The SMILES string of the molecule is CCCCCCCCCCCCCCCCCCC(NCCCCC)(c1ccccc1)[N+](C)(C)CCC.[Cl-]. The minimum atomic E-state index is 0. The molecule has 0 radical (unpaired) electrons. The third kappa shape index (κ3) is 15.3. The molecule has 0 aliphatic rings. The molecule has 0 aromatic heterocycles. The van der Waals surface area contributed by atoms with E-state index in [-0.39, 0.29) is 18.1 Å². The maximum absolute atomic E-state index is 4.13. The predicted octanol–water partition coefficient (Wildman–Crippen LogP) is 7.76. The largest absolute Gasteiger partial charge is 1.00 e. The van der Waals surface area contributed by atoms with Gasteiger partial charge in [-0.05, 0) is 19.3 Å². The molecule has 0 fully saturated rings. The first-order chi connectivity index (χ1) is 18.0. The van der Waals surface area contributed by atoms with E-state index in [1.165, 1.54) is 147 Å². The van der Waals surface area contributed by atoms with Crippen LogP contribution in [0.1, 0.15) is 161 Å². The summed E-state index contributed by atoms with van der Waals surface area (Å²) in [7, 11) is 4.91. The van der Waals surface area contributed by atoms with Crippen LogP contribution in [0.4, 0.5) is 0 Å². The topological polar surface area (TPSA) is 12.0 Å². The lowest BCUT2D eigenvalue weighted by Crippen LogP contribution is -3.00. The highest BCUT2D eigenvalue weighted by atomic mass is 35.5. The molecule has 0 bridgehead atoms. The van der Waals surface area contributed by atoms with Crippen molar-refractivity contribution < 1.29 is 16.9 Å². The first-order valence-corrected chi connectivity index (χ1v) is 16.7. The number of nitrogens with zero attached hydrogens (tertiary/aromatic N) is 1.